The van der Waals surface area contributed by atoms with Gasteiger partial charge in [0.25, 0.3) is 11.8 Å². The van der Waals surface area contributed by atoms with E-state index in [2.05, 4.69) is 20.9 Å². The molecule has 2 heterocycles. The Morgan fingerprint density at radius 3 is 3.04 bits per heavy atom. The molecule has 0 bridgehead atoms. The van der Waals surface area contributed by atoms with E-state index in [-0.39, 0.29) is 17.7 Å². The smallest absolute Gasteiger partial charge is 0.322 e. The van der Waals surface area contributed by atoms with Crippen LogP contribution in [0, 0.1) is 12.8 Å². The second-order valence-electron chi connectivity index (χ2n) is 6.56. The molecule has 2 aromatic rings. The van der Waals surface area contributed by atoms with Crippen LogP contribution in [-0.2, 0) is 4.79 Å². The minimum Gasteiger partial charge on any atom is -0.441 e. The van der Waals surface area contributed by atoms with E-state index in [9.17, 15) is 14.4 Å². The molecule has 2 atom stereocenters. The van der Waals surface area contributed by atoms with Gasteiger partial charge in [0.05, 0.1) is 5.56 Å². The molecule has 1 aromatic carbocycles. The molecule has 8 heteroatoms. The summed E-state index contributed by atoms with van der Waals surface area (Å²) >= 11 is 0. The Hall–Kier alpha value is -2.90. The van der Waals surface area contributed by atoms with Gasteiger partial charge in [-0.05, 0) is 25.0 Å². The van der Waals surface area contributed by atoms with Crippen LogP contribution in [0.15, 0.2) is 22.6 Å². The number of carbonyl (C=O) groups is 3. The Bertz CT molecular complexity index is 890. The van der Waals surface area contributed by atoms with E-state index in [0.717, 1.165) is 12.8 Å². The van der Waals surface area contributed by atoms with E-state index in [4.69, 9.17) is 4.42 Å². The Kier molecular flexibility index (Phi) is 3.48. The highest BCUT2D eigenvalue weighted by atomic mass is 16.3. The van der Waals surface area contributed by atoms with Gasteiger partial charge in [-0.2, -0.15) is 0 Å². The number of para-hydroxylation sites is 1. The van der Waals surface area contributed by atoms with Crippen molar-refractivity contribution in [3.63, 3.8) is 0 Å². The van der Waals surface area contributed by atoms with E-state index in [1.165, 1.54) is 0 Å². The van der Waals surface area contributed by atoms with Crippen molar-refractivity contribution in [1.82, 2.24) is 20.9 Å². The average molecular weight is 342 g/mol. The Morgan fingerprint density at radius 1 is 1.44 bits per heavy atom. The average Bonchev–Trinajstić information content (AvgIpc) is 3.22. The predicted molar refractivity (Wildman–Crippen MR) is 87.8 cm³/mol. The summed E-state index contributed by atoms with van der Waals surface area (Å²) in [5.41, 5.74) is 0.609. The quantitative estimate of drug-likeness (QED) is 0.727. The molecule has 0 radical (unpaired) electrons. The van der Waals surface area contributed by atoms with Crippen molar-refractivity contribution in [3.8, 4) is 0 Å². The number of nitrogens with zero attached hydrogens (tertiary/aromatic N) is 1. The lowest BCUT2D eigenvalue weighted by Crippen LogP contribution is -2.53. The van der Waals surface area contributed by atoms with Gasteiger partial charge < -0.3 is 15.1 Å². The van der Waals surface area contributed by atoms with Crippen LogP contribution < -0.4 is 16.0 Å². The topological polar surface area (TPSA) is 113 Å². The number of carbonyl (C=O) groups excluding carboxylic acids is 3. The van der Waals surface area contributed by atoms with Crippen molar-refractivity contribution in [3.05, 3.63) is 29.7 Å². The van der Waals surface area contributed by atoms with Crippen LogP contribution in [0.5, 0.6) is 0 Å². The first-order valence-corrected chi connectivity index (χ1v) is 8.27. The molecule has 0 unspecified atom stereocenters. The third-order valence-corrected chi connectivity index (χ3v) is 5.07. The van der Waals surface area contributed by atoms with Gasteiger partial charge in [0.15, 0.2) is 11.5 Å². The number of aromatic nitrogens is 1. The van der Waals surface area contributed by atoms with Gasteiger partial charge in [-0.25, -0.2) is 9.78 Å². The third kappa shape index (κ3) is 2.45. The zero-order chi connectivity index (χ0) is 17.6. The molecule has 8 nitrogen and oxygen atoms in total. The summed E-state index contributed by atoms with van der Waals surface area (Å²) in [6.07, 6.45) is 2.18. The normalized spacial score (nSPS) is 25.4. The Morgan fingerprint density at radius 2 is 2.28 bits per heavy atom. The van der Waals surface area contributed by atoms with E-state index < -0.39 is 11.6 Å². The van der Waals surface area contributed by atoms with Crippen molar-refractivity contribution < 1.29 is 18.8 Å². The summed E-state index contributed by atoms with van der Waals surface area (Å²) in [4.78, 5) is 40.6. The Balaban J connectivity index is 1.52. The monoisotopic (exact) mass is 342 g/mol. The predicted octanol–water partition coefficient (Wildman–Crippen LogP) is 1.24. The van der Waals surface area contributed by atoms with Gasteiger partial charge in [-0.1, -0.05) is 12.5 Å². The second kappa shape index (κ2) is 5.58. The van der Waals surface area contributed by atoms with Gasteiger partial charge in [-0.3, -0.25) is 14.9 Å². The number of imide groups is 1. The maximum absolute atomic E-state index is 12.6. The van der Waals surface area contributed by atoms with Crippen molar-refractivity contribution in [1.29, 1.82) is 0 Å². The molecule has 3 N–H and O–H groups in total. The molecule has 130 valence electrons. The van der Waals surface area contributed by atoms with Crippen LogP contribution in [0.25, 0.3) is 11.1 Å². The second-order valence-corrected chi connectivity index (χ2v) is 6.56. The van der Waals surface area contributed by atoms with Gasteiger partial charge in [-0.15, -0.1) is 0 Å². The number of fused-ring (bicyclic) bond motifs is 1. The van der Waals surface area contributed by atoms with Crippen molar-refractivity contribution in [2.75, 3.05) is 6.54 Å². The molecule has 1 aliphatic heterocycles. The maximum Gasteiger partial charge on any atom is 0.322 e. The van der Waals surface area contributed by atoms with Crippen LogP contribution in [0.1, 0.15) is 35.5 Å². The standard InChI is InChI=1S/C17H18N4O4/c1-9-19-13-11(5-2-6-12(13)25-9)14(22)18-8-10-4-3-7-17(10)15(23)20-16(24)21-17/h2,5-6,10H,3-4,7-8H2,1H3,(H,18,22)(H2,20,21,23,24)/t10-,17-/m0/s1. The van der Waals surface area contributed by atoms with E-state index in [0.29, 0.717) is 35.5 Å². The fraction of sp³-hybridized carbons (Fsp3) is 0.412. The van der Waals surface area contributed by atoms with Crippen LogP contribution >= 0.6 is 0 Å². The minimum absolute atomic E-state index is 0.138. The zero-order valence-corrected chi connectivity index (χ0v) is 13.7. The highest BCUT2D eigenvalue weighted by Gasteiger charge is 2.54. The summed E-state index contributed by atoms with van der Waals surface area (Å²) < 4.78 is 5.45. The zero-order valence-electron chi connectivity index (χ0n) is 13.7. The molecule has 4 amide bonds. The van der Waals surface area contributed by atoms with Crippen LogP contribution in [-0.4, -0.2) is 34.9 Å². The van der Waals surface area contributed by atoms with Crippen molar-refractivity contribution in [2.24, 2.45) is 5.92 Å². The SMILES string of the molecule is Cc1nc2c(C(=O)NC[C@@H]3CCC[C@]34NC(=O)NC4=O)cccc2o1. The molecule has 4 rings (SSSR count). The minimum atomic E-state index is -0.902. The van der Waals surface area contributed by atoms with E-state index >= 15 is 0 Å². The Labute approximate surface area is 143 Å². The number of nitrogens with one attached hydrogen (secondary N) is 3. The highest BCUT2D eigenvalue weighted by molar-refractivity contribution is 6.07. The molecular weight excluding hydrogens is 324 g/mol. The van der Waals surface area contributed by atoms with E-state index in [1.54, 1.807) is 25.1 Å². The number of rotatable bonds is 3. The molecule has 1 saturated heterocycles. The van der Waals surface area contributed by atoms with Crippen LogP contribution in [0.2, 0.25) is 0 Å². The molecule has 2 aliphatic rings. The summed E-state index contributed by atoms with van der Waals surface area (Å²) in [7, 11) is 0. The lowest BCUT2D eigenvalue weighted by molar-refractivity contribution is -0.125. The van der Waals surface area contributed by atoms with Gasteiger partial charge in [0, 0.05) is 19.4 Å². The molecule has 25 heavy (non-hydrogen) atoms. The van der Waals surface area contributed by atoms with Crippen molar-refractivity contribution >= 4 is 28.9 Å². The lowest BCUT2D eigenvalue weighted by Gasteiger charge is -2.28. The number of hydrogen-bond acceptors (Lipinski definition) is 5. The summed E-state index contributed by atoms with van der Waals surface area (Å²) in [5, 5.41) is 7.93. The van der Waals surface area contributed by atoms with Gasteiger partial charge in [0.1, 0.15) is 11.1 Å². The molecule has 1 saturated carbocycles. The molecular formula is C17H18N4O4. The number of amides is 4. The summed E-state index contributed by atoms with van der Waals surface area (Å²) in [6.45, 7) is 2.03. The lowest BCUT2D eigenvalue weighted by atomic mass is 9.87. The first-order valence-electron chi connectivity index (χ1n) is 8.27. The first kappa shape index (κ1) is 15.6. The van der Waals surface area contributed by atoms with Crippen LogP contribution in [0.3, 0.4) is 0 Å². The summed E-state index contributed by atoms with van der Waals surface area (Å²) in [5.74, 6) is -0.217. The molecule has 1 aliphatic carbocycles. The number of aryl methyl sites for hydroxylation is 1. The maximum atomic E-state index is 12.6. The highest BCUT2D eigenvalue weighted by Crippen LogP contribution is 2.37. The number of hydrogen-bond donors (Lipinski definition) is 3. The van der Waals surface area contributed by atoms with E-state index in [1.807, 2.05) is 0 Å². The van der Waals surface area contributed by atoms with Crippen LogP contribution in [0.4, 0.5) is 4.79 Å². The molecule has 1 spiro atoms. The third-order valence-electron chi connectivity index (χ3n) is 5.07. The summed E-state index contributed by atoms with van der Waals surface area (Å²) in [6, 6.07) is 4.72. The number of urea groups is 1. The van der Waals surface area contributed by atoms with Gasteiger partial charge >= 0.3 is 6.03 Å². The first-order chi connectivity index (χ1) is 12.0. The fourth-order valence-corrected chi connectivity index (χ4v) is 3.88. The number of benzene rings is 1. The fourth-order valence-electron chi connectivity index (χ4n) is 3.88. The largest absolute Gasteiger partial charge is 0.441 e. The molecule has 2 fully saturated rings. The van der Waals surface area contributed by atoms with Gasteiger partial charge in [0.2, 0.25) is 0 Å². The van der Waals surface area contributed by atoms with Crippen molar-refractivity contribution in [2.45, 2.75) is 31.7 Å². The molecule has 1 aromatic heterocycles. The number of oxazole rings is 1.